The fourth-order valence-corrected chi connectivity index (χ4v) is 2.55. The maximum Gasteiger partial charge on any atom is 0.274 e. The van der Waals surface area contributed by atoms with Crippen LogP contribution < -0.4 is 0 Å². The van der Waals surface area contributed by atoms with Crippen molar-refractivity contribution in [1.29, 1.82) is 0 Å². The quantitative estimate of drug-likeness (QED) is 0.916. The zero-order chi connectivity index (χ0) is 13.2. The normalized spacial score (nSPS) is 18.8. The van der Waals surface area contributed by atoms with Crippen molar-refractivity contribution < 1.29 is 4.79 Å². The molecule has 3 heterocycles. The van der Waals surface area contributed by atoms with Crippen LogP contribution in [0.25, 0.3) is 0 Å². The SMILES string of the molecule is O=C(c1cnc(Cl)cn1)N1CCCC1c1ccc[nH]1. The third-order valence-electron chi connectivity index (χ3n) is 3.33. The van der Waals surface area contributed by atoms with Crippen LogP contribution >= 0.6 is 11.6 Å². The van der Waals surface area contributed by atoms with Gasteiger partial charge in [0.2, 0.25) is 0 Å². The van der Waals surface area contributed by atoms with E-state index in [1.54, 1.807) is 0 Å². The van der Waals surface area contributed by atoms with E-state index in [1.165, 1.54) is 12.4 Å². The highest BCUT2D eigenvalue weighted by molar-refractivity contribution is 6.29. The number of nitrogens with zero attached hydrogens (tertiary/aromatic N) is 3. The van der Waals surface area contributed by atoms with Crippen molar-refractivity contribution >= 4 is 17.5 Å². The van der Waals surface area contributed by atoms with Crippen LogP contribution in [0.1, 0.15) is 35.1 Å². The summed E-state index contributed by atoms with van der Waals surface area (Å²) in [6, 6.07) is 4.04. The minimum atomic E-state index is -0.0960. The molecule has 1 aliphatic heterocycles. The Bertz CT molecular complexity index is 567. The zero-order valence-corrected chi connectivity index (χ0v) is 11.0. The van der Waals surface area contributed by atoms with Crippen molar-refractivity contribution in [1.82, 2.24) is 19.9 Å². The van der Waals surface area contributed by atoms with E-state index >= 15 is 0 Å². The maximum absolute atomic E-state index is 12.4. The van der Waals surface area contributed by atoms with Crippen LogP contribution in [0.2, 0.25) is 5.15 Å². The van der Waals surface area contributed by atoms with Crippen molar-refractivity contribution in [2.24, 2.45) is 0 Å². The van der Waals surface area contributed by atoms with E-state index in [2.05, 4.69) is 15.0 Å². The molecule has 0 spiro atoms. The Morgan fingerprint density at radius 2 is 2.32 bits per heavy atom. The van der Waals surface area contributed by atoms with Crippen molar-refractivity contribution in [3.63, 3.8) is 0 Å². The summed E-state index contributed by atoms with van der Waals surface area (Å²) in [4.78, 5) is 25.4. The number of hydrogen-bond donors (Lipinski definition) is 1. The second-order valence-electron chi connectivity index (χ2n) is 4.51. The molecule has 0 aromatic carbocycles. The smallest absolute Gasteiger partial charge is 0.274 e. The van der Waals surface area contributed by atoms with Gasteiger partial charge in [0.25, 0.3) is 5.91 Å². The van der Waals surface area contributed by atoms with Gasteiger partial charge in [-0.25, -0.2) is 9.97 Å². The van der Waals surface area contributed by atoms with Crippen LogP contribution in [0.15, 0.2) is 30.7 Å². The Morgan fingerprint density at radius 3 is 3.00 bits per heavy atom. The lowest BCUT2D eigenvalue weighted by Crippen LogP contribution is -2.31. The number of aromatic nitrogens is 3. The number of halogens is 1. The second-order valence-corrected chi connectivity index (χ2v) is 4.89. The van der Waals surface area contributed by atoms with E-state index in [4.69, 9.17) is 11.6 Å². The van der Waals surface area contributed by atoms with Crippen molar-refractivity contribution in [2.45, 2.75) is 18.9 Å². The summed E-state index contributed by atoms with van der Waals surface area (Å²) in [5.74, 6) is -0.0960. The van der Waals surface area contributed by atoms with E-state index in [1.807, 2.05) is 23.2 Å². The summed E-state index contributed by atoms with van der Waals surface area (Å²) in [5.41, 5.74) is 1.40. The van der Waals surface area contributed by atoms with E-state index in [-0.39, 0.29) is 11.9 Å². The first-order valence-corrected chi connectivity index (χ1v) is 6.55. The highest BCUT2D eigenvalue weighted by atomic mass is 35.5. The Kier molecular flexibility index (Phi) is 3.21. The Morgan fingerprint density at radius 1 is 1.42 bits per heavy atom. The number of carbonyl (C=O) groups excluding carboxylic acids is 1. The standard InChI is InChI=1S/C13H13ClN4O/c14-12-8-16-10(7-17-12)13(19)18-6-2-4-11(18)9-3-1-5-15-9/h1,3,5,7-8,11,15H,2,4,6H2. The van der Waals surface area contributed by atoms with Gasteiger partial charge in [-0.3, -0.25) is 4.79 Å². The van der Waals surface area contributed by atoms with Crippen molar-refractivity contribution in [3.8, 4) is 0 Å². The summed E-state index contributed by atoms with van der Waals surface area (Å²) < 4.78 is 0. The van der Waals surface area contributed by atoms with E-state index < -0.39 is 0 Å². The predicted octanol–water partition coefficient (Wildman–Crippen LogP) is 2.44. The van der Waals surface area contributed by atoms with Gasteiger partial charge in [-0.05, 0) is 25.0 Å². The number of carbonyl (C=O) groups is 1. The third-order valence-corrected chi connectivity index (χ3v) is 3.53. The Hall–Kier alpha value is -1.88. The fraction of sp³-hybridized carbons (Fsp3) is 0.308. The summed E-state index contributed by atoms with van der Waals surface area (Å²) in [6.45, 7) is 0.743. The first kappa shape index (κ1) is 12.2. The number of likely N-dealkylation sites (tertiary alicyclic amines) is 1. The minimum absolute atomic E-state index is 0.0960. The first-order valence-electron chi connectivity index (χ1n) is 6.17. The molecule has 2 aromatic rings. The highest BCUT2D eigenvalue weighted by Crippen LogP contribution is 2.31. The van der Waals surface area contributed by atoms with Gasteiger partial charge in [0.15, 0.2) is 0 Å². The highest BCUT2D eigenvalue weighted by Gasteiger charge is 2.31. The van der Waals surface area contributed by atoms with Gasteiger partial charge in [-0.1, -0.05) is 11.6 Å². The molecule has 5 nitrogen and oxygen atoms in total. The molecule has 0 bridgehead atoms. The average molecular weight is 277 g/mol. The van der Waals surface area contributed by atoms with E-state index in [9.17, 15) is 4.79 Å². The summed E-state index contributed by atoms with van der Waals surface area (Å²) in [7, 11) is 0. The van der Waals surface area contributed by atoms with Gasteiger partial charge in [0.1, 0.15) is 10.8 Å². The Balaban J connectivity index is 1.84. The van der Waals surface area contributed by atoms with E-state index in [0.29, 0.717) is 10.8 Å². The molecule has 1 aliphatic rings. The lowest BCUT2D eigenvalue weighted by Gasteiger charge is -2.23. The fourth-order valence-electron chi connectivity index (χ4n) is 2.45. The molecule has 3 rings (SSSR count). The molecular weight excluding hydrogens is 264 g/mol. The zero-order valence-electron chi connectivity index (χ0n) is 10.2. The first-order chi connectivity index (χ1) is 9.25. The topological polar surface area (TPSA) is 61.9 Å². The number of rotatable bonds is 2. The van der Waals surface area contributed by atoms with Gasteiger partial charge < -0.3 is 9.88 Å². The van der Waals surface area contributed by atoms with Crippen LogP contribution in [-0.4, -0.2) is 32.3 Å². The molecule has 2 aromatic heterocycles. The van der Waals surface area contributed by atoms with Gasteiger partial charge in [-0.2, -0.15) is 0 Å². The molecule has 1 N–H and O–H groups in total. The van der Waals surface area contributed by atoms with Crippen LogP contribution in [0.3, 0.4) is 0 Å². The average Bonchev–Trinajstić information content (AvgIpc) is 3.09. The maximum atomic E-state index is 12.4. The third kappa shape index (κ3) is 2.33. The molecule has 1 fully saturated rings. The molecule has 6 heteroatoms. The number of H-pyrrole nitrogens is 1. The number of amides is 1. The molecule has 0 saturated carbocycles. The van der Waals surface area contributed by atoms with Crippen LogP contribution in [0.5, 0.6) is 0 Å². The molecule has 1 saturated heterocycles. The molecular formula is C13H13ClN4O. The van der Waals surface area contributed by atoms with E-state index in [0.717, 1.165) is 25.1 Å². The van der Waals surface area contributed by atoms with Crippen LogP contribution in [0.4, 0.5) is 0 Å². The van der Waals surface area contributed by atoms with Crippen LogP contribution in [-0.2, 0) is 0 Å². The molecule has 1 unspecified atom stereocenters. The molecule has 19 heavy (non-hydrogen) atoms. The number of aromatic amines is 1. The molecule has 98 valence electrons. The van der Waals surface area contributed by atoms with Crippen molar-refractivity contribution in [2.75, 3.05) is 6.54 Å². The number of nitrogens with one attached hydrogen (secondary N) is 1. The summed E-state index contributed by atoms with van der Waals surface area (Å²) in [6.07, 6.45) is 6.66. The monoisotopic (exact) mass is 276 g/mol. The molecule has 0 radical (unpaired) electrons. The second kappa shape index (κ2) is 5.01. The summed E-state index contributed by atoms with van der Waals surface area (Å²) >= 11 is 5.68. The molecule has 0 aliphatic carbocycles. The number of hydrogen-bond acceptors (Lipinski definition) is 3. The van der Waals surface area contributed by atoms with Gasteiger partial charge in [0.05, 0.1) is 18.4 Å². The minimum Gasteiger partial charge on any atom is -0.363 e. The largest absolute Gasteiger partial charge is 0.363 e. The lowest BCUT2D eigenvalue weighted by molar-refractivity contribution is 0.0727. The van der Waals surface area contributed by atoms with Gasteiger partial charge in [-0.15, -0.1) is 0 Å². The van der Waals surface area contributed by atoms with Gasteiger partial charge >= 0.3 is 0 Å². The molecule has 1 amide bonds. The lowest BCUT2D eigenvalue weighted by atomic mass is 10.1. The van der Waals surface area contributed by atoms with Gasteiger partial charge in [0, 0.05) is 18.4 Å². The molecule has 1 atom stereocenters. The Labute approximate surface area is 115 Å². The van der Waals surface area contributed by atoms with Crippen molar-refractivity contribution in [3.05, 3.63) is 47.3 Å². The summed E-state index contributed by atoms with van der Waals surface area (Å²) in [5, 5.41) is 0.291. The predicted molar refractivity (Wildman–Crippen MR) is 70.8 cm³/mol. The van der Waals surface area contributed by atoms with Crippen LogP contribution in [0, 0.1) is 0 Å².